The van der Waals surface area contributed by atoms with Crippen LogP contribution in [0.4, 0.5) is 0 Å². The maximum Gasteiger partial charge on any atom is 0.280 e. The molecule has 2 aromatic rings. The number of rotatable bonds is 4. The third kappa shape index (κ3) is 2.72. The van der Waals surface area contributed by atoms with Gasteiger partial charge in [0.05, 0.1) is 12.0 Å². The van der Waals surface area contributed by atoms with Crippen LogP contribution in [0, 0.1) is 5.92 Å². The minimum Gasteiger partial charge on any atom is -0.496 e. The number of benzene rings is 1. The predicted molar refractivity (Wildman–Crippen MR) is 89.9 cm³/mol. The van der Waals surface area contributed by atoms with Crippen LogP contribution in [-0.4, -0.2) is 36.6 Å². The van der Waals surface area contributed by atoms with Gasteiger partial charge in [0.1, 0.15) is 5.75 Å². The Morgan fingerprint density at radius 1 is 1.39 bits per heavy atom. The van der Waals surface area contributed by atoms with Gasteiger partial charge in [-0.05, 0) is 30.9 Å². The van der Waals surface area contributed by atoms with Crippen molar-refractivity contribution >= 4 is 17.2 Å². The van der Waals surface area contributed by atoms with Crippen molar-refractivity contribution < 1.29 is 9.53 Å². The molecule has 1 aromatic heterocycles. The van der Waals surface area contributed by atoms with E-state index in [0.29, 0.717) is 17.0 Å². The van der Waals surface area contributed by atoms with Gasteiger partial charge in [-0.15, -0.1) is 11.3 Å². The van der Waals surface area contributed by atoms with Crippen LogP contribution >= 0.6 is 11.3 Å². The van der Waals surface area contributed by atoms with Crippen molar-refractivity contribution in [2.24, 2.45) is 5.92 Å². The topological polar surface area (TPSA) is 63.2 Å². The number of methoxy groups -OCH3 is 1. The fourth-order valence-corrected chi connectivity index (χ4v) is 4.44. The molecule has 3 unspecified atom stereocenters. The molecule has 2 N–H and O–H groups in total. The lowest BCUT2D eigenvalue weighted by atomic mass is 10.0. The molecule has 6 heteroatoms. The van der Waals surface area contributed by atoms with Gasteiger partial charge in [0.25, 0.3) is 5.91 Å². The first-order valence-corrected chi connectivity index (χ1v) is 8.69. The predicted octanol–water partition coefficient (Wildman–Crippen LogP) is 2.30. The lowest BCUT2D eigenvalue weighted by Crippen LogP contribution is -2.44. The van der Waals surface area contributed by atoms with E-state index in [1.807, 2.05) is 24.3 Å². The number of fused-ring (bicyclic) bond motifs is 2. The second-order valence-corrected chi connectivity index (χ2v) is 7.18. The summed E-state index contributed by atoms with van der Waals surface area (Å²) in [6.07, 6.45) is 3.95. The molecule has 1 amide bonds. The third-order valence-electron chi connectivity index (χ3n) is 4.75. The molecule has 3 atom stereocenters. The Morgan fingerprint density at radius 2 is 2.26 bits per heavy atom. The number of piperidine rings is 1. The molecule has 2 aliphatic rings. The zero-order valence-corrected chi connectivity index (χ0v) is 13.7. The Balaban J connectivity index is 1.50. The highest BCUT2D eigenvalue weighted by molar-refractivity contribution is 7.17. The Hall–Kier alpha value is -1.92. The highest BCUT2D eigenvalue weighted by atomic mass is 32.1. The molecule has 2 heterocycles. The van der Waals surface area contributed by atoms with Crippen LogP contribution in [0.25, 0.3) is 10.4 Å². The number of thiazole rings is 1. The van der Waals surface area contributed by atoms with Gasteiger partial charge in [-0.1, -0.05) is 12.1 Å². The van der Waals surface area contributed by atoms with Gasteiger partial charge in [0.2, 0.25) is 0 Å². The molecule has 4 rings (SSSR count). The van der Waals surface area contributed by atoms with Gasteiger partial charge >= 0.3 is 0 Å². The Morgan fingerprint density at radius 3 is 3.00 bits per heavy atom. The van der Waals surface area contributed by atoms with Gasteiger partial charge < -0.3 is 15.4 Å². The van der Waals surface area contributed by atoms with Crippen molar-refractivity contribution in [1.82, 2.24) is 15.6 Å². The molecule has 1 aromatic carbocycles. The van der Waals surface area contributed by atoms with E-state index < -0.39 is 0 Å². The summed E-state index contributed by atoms with van der Waals surface area (Å²) in [6, 6.07) is 8.64. The standard InChI is InChI=1S/C17H19N3O2S/c1-22-14-5-3-2-4-12(14)15-9-19-17(23-15)16(21)20-13-7-11-6-10(13)8-18-11/h2-5,9-11,13,18H,6-8H2,1H3,(H,20,21). The van der Waals surface area contributed by atoms with E-state index in [0.717, 1.165) is 29.2 Å². The van der Waals surface area contributed by atoms with Crippen LogP contribution in [-0.2, 0) is 0 Å². The Bertz CT molecular complexity index is 730. The molecule has 1 aliphatic carbocycles. The number of nitrogens with zero attached hydrogens (tertiary/aromatic N) is 1. The summed E-state index contributed by atoms with van der Waals surface area (Å²) in [6.45, 7) is 1.01. The average Bonchev–Trinajstić information content (AvgIpc) is 3.31. The molecule has 2 bridgehead atoms. The summed E-state index contributed by atoms with van der Waals surface area (Å²) in [5.41, 5.74) is 0.968. The maximum atomic E-state index is 12.5. The number of para-hydroxylation sites is 1. The minimum atomic E-state index is -0.0614. The number of ether oxygens (including phenoxy) is 1. The largest absolute Gasteiger partial charge is 0.496 e. The maximum absolute atomic E-state index is 12.5. The number of carbonyl (C=O) groups is 1. The van der Waals surface area contributed by atoms with E-state index in [1.165, 1.54) is 17.8 Å². The molecule has 23 heavy (non-hydrogen) atoms. The number of carbonyl (C=O) groups excluding carboxylic acids is 1. The van der Waals surface area contributed by atoms with E-state index >= 15 is 0 Å². The summed E-state index contributed by atoms with van der Waals surface area (Å²) in [5, 5.41) is 7.13. The molecule has 1 saturated carbocycles. The van der Waals surface area contributed by atoms with Crippen LogP contribution in [0.2, 0.25) is 0 Å². The van der Waals surface area contributed by atoms with Crippen LogP contribution in [0.15, 0.2) is 30.5 Å². The SMILES string of the molecule is COc1ccccc1-c1cnc(C(=O)NC2CC3CC2CN3)s1. The van der Waals surface area contributed by atoms with E-state index in [2.05, 4.69) is 15.6 Å². The van der Waals surface area contributed by atoms with Gasteiger partial charge in [0.15, 0.2) is 5.01 Å². The van der Waals surface area contributed by atoms with Crippen molar-refractivity contribution in [1.29, 1.82) is 0 Å². The van der Waals surface area contributed by atoms with Crippen molar-refractivity contribution in [2.45, 2.75) is 24.9 Å². The molecule has 1 aliphatic heterocycles. The van der Waals surface area contributed by atoms with Crippen molar-refractivity contribution in [2.75, 3.05) is 13.7 Å². The minimum absolute atomic E-state index is 0.0614. The number of amides is 1. The first-order chi connectivity index (χ1) is 11.2. The van der Waals surface area contributed by atoms with Gasteiger partial charge in [-0.25, -0.2) is 4.98 Å². The summed E-state index contributed by atoms with van der Waals surface area (Å²) in [4.78, 5) is 17.7. The Labute approximate surface area is 139 Å². The number of aromatic nitrogens is 1. The first kappa shape index (κ1) is 14.7. The van der Waals surface area contributed by atoms with Crippen LogP contribution < -0.4 is 15.4 Å². The second kappa shape index (κ2) is 5.94. The van der Waals surface area contributed by atoms with Gasteiger partial charge in [-0.3, -0.25) is 4.79 Å². The molecule has 5 nitrogen and oxygen atoms in total. The van der Waals surface area contributed by atoms with Crippen molar-refractivity contribution in [3.63, 3.8) is 0 Å². The zero-order chi connectivity index (χ0) is 15.8. The summed E-state index contributed by atoms with van der Waals surface area (Å²) in [7, 11) is 1.65. The molecule has 120 valence electrons. The van der Waals surface area contributed by atoms with E-state index in [1.54, 1.807) is 13.3 Å². The number of nitrogens with one attached hydrogen (secondary N) is 2. The van der Waals surface area contributed by atoms with Crippen molar-refractivity contribution in [3.05, 3.63) is 35.5 Å². The Kier molecular flexibility index (Phi) is 3.79. The lowest BCUT2D eigenvalue weighted by Gasteiger charge is -2.22. The lowest BCUT2D eigenvalue weighted by molar-refractivity contribution is 0.0924. The molecular weight excluding hydrogens is 310 g/mol. The summed E-state index contributed by atoms with van der Waals surface area (Å²) in [5.74, 6) is 1.30. The van der Waals surface area contributed by atoms with Crippen LogP contribution in [0.1, 0.15) is 22.6 Å². The normalized spacial score (nSPS) is 25.5. The average molecular weight is 329 g/mol. The smallest absolute Gasteiger partial charge is 0.280 e. The van der Waals surface area contributed by atoms with E-state index in [4.69, 9.17) is 4.74 Å². The van der Waals surface area contributed by atoms with Crippen molar-refractivity contribution in [3.8, 4) is 16.2 Å². The molecule has 1 saturated heterocycles. The fraction of sp³-hybridized carbons (Fsp3) is 0.412. The highest BCUT2D eigenvalue weighted by Gasteiger charge is 2.40. The van der Waals surface area contributed by atoms with Gasteiger partial charge in [0, 0.05) is 30.4 Å². The molecule has 0 radical (unpaired) electrons. The third-order valence-corrected chi connectivity index (χ3v) is 5.78. The van der Waals surface area contributed by atoms with E-state index in [9.17, 15) is 4.79 Å². The van der Waals surface area contributed by atoms with Crippen LogP contribution in [0.3, 0.4) is 0 Å². The van der Waals surface area contributed by atoms with E-state index in [-0.39, 0.29) is 11.9 Å². The van der Waals surface area contributed by atoms with Crippen LogP contribution in [0.5, 0.6) is 5.75 Å². The first-order valence-electron chi connectivity index (χ1n) is 7.88. The number of hydrogen-bond acceptors (Lipinski definition) is 5. The quantitative estimate of drug-likeness (QED) is 0.903. The number of hydrogen-bond donors (Lipinski definition) is 2. The zero-order valence-electron chi connectivity index (χ0n) is 12.9. The monoisotopic (exact) mass is 329 g/mol. The molecular formula is C17H19N3O2S. The molecule has 0 spiro atoms. The second-order valence-electron chi connectivity index (χ2n) is 6.15. The fourth-order valence-electron chi connectivity index (χ4n) is 3.59. The summed E-state index contributed by atoms with van der Waals surface area (Å²) < 4.78 is 5.38. The van der Waals surface area contributed by atoms with Gasteiger partial charge in [-0.2, -0.15) is 0 Å². The molecule has 2 fully saturated rings. The summed E-state index contributed by atoms with van der Waals surface area (Å²) >= 11 is 1.41. The highest BCUT2D eigenvalue weighted by Crippen LogP contribution is 2.34.